The Bertz CT molecular complexity index is 479. The number of rotatable bonds is 7. The molecule has 0 radical (unpaired) electrons. The van der Waals surface area contributed by atoms with Crippen molar-refractivity contribution in [3.8, 4) is 0 Å². The van der Waals surface area contributed by atoms with Gasteiger partial charge in [0, 0.05) is 30.0 Å². The van der Waals surface area contributed by atoms with Gasteiger partial charge in [0.1, 0.15) is 6.61 Å². The molecule has 3 N–H and O–H groups in total. The average molecular weight is 312 g/mol. The van der Waals surface area contributed by atoms with E-state index in [-0.39, 0.29) is 17.3 Å². The van der Waals surface area contributed by atoms with Crippen molar-refractivity contribution in [2.24, 2.45) is 0 Å². The SMILES string of the molecule is CC(C)(C)NCC(O)CONC(Cl)=C=Cc1cccnc1. The first-order chi connectivity index (χ1) is 9.87. The molecule has 0 aromatic carbocycles. The molecular weight excluding hydrogens is 290 g/mol. The van der Waals surface area contributed by atoms with Crippen LogP contribution >= 0.6 is 11.6 Å². The van der Waals surface area contributed by atoms with Gasteiger partial charge in [-0.2, -0.15) is 0 Å². The highest BCUT2D eigenvalue weighted by molar-refractivity contribution is 6.29. The molecule has 0 saturated carbocycles. The number of aromatic nitrogens is 1. The topological polar surface area (TPSA) is 66.4 Å². The first-order valence-corrected chi connectivity index (χ1v) is 7.08. The minimum atomic E-state index is -0.622. The lowest BCUT2D eigenvalue weighted by molar-refractivity contribution is -0.00379. The summed E-state index contributed by atoms with van der Waals surface area (Å²) < 4.78 is 0. The fraction of sp³-hybridized carbons (Fsp3) is 0.467. The number of aliphatic hydroxyl groups is 1. The highest BCUT2D eigenvalue weighted by atomic mass is 35.5. The quantitative estimate of drug-likeness (QED) is 0.408. The second kappa shape index (κ2) is 8.82. The summed E-state index contributed by atoms with van der Waals surface area (Å²) in [5.74, 6) is 0. The molecule has 0 spiro atoms. The van der Waals surface area contributed by atoms with Gasteiger partial charge in [-0.25, -0.2) is 5.48 Å². The Morgan fingerprint density at radius 1 is 1.57 bits per heavy atom. The molecule has 0 bridgehead atoms. The Labute approximate surface area is 130 Å². The number of nitrogens with one attached hydrogen (secondary N) is 2. The lowest BCUT2D eigenvalue weighted by Gasteiger charge is -2.22. The van der Waals surface area contributed by atoms with E-state index in [9.17, 15) is 5.11 Å². The lowest BCUT2D eigenvalue weighted by atomic mass is 10.1. The molecular formula is C15H22ClN3O2. The Morgan fingerprint density at radius 2 is 2.33 bits per heavy atom. The van der Waals surface area contributed by atoms with Crippen LogP contribution in [0.5, 0.6) is 0 Å². The van der Waals surface area contributed by atoms with Crippen molar-refractivity contribution in [1.29, 1.82) is 0 Å². The standard InChI is InChI=1S/C15H22ClN3O2/c1-15(2,3)18-10-13(20)11-21-19-14(16)7-6-12-5-4-8-17-9-12/h4-6,8-9,13,18-20H,10-11H2,1-3H3. The summed E-state index contributed by atoms with van der Waals surface area (Å²) in [7, 11) is 0. The van der Waals surface area contributed by atoms with Crippen LogP contribution in [0, 0.1) is 0 Å². The van der Waals surface area contributed by atoms with Gasteiger partial charge >= 0.3 is 0 Å². The van der Waals surface area contributed by atoms with E-state index >= 15 is 0 Å². The van der Waals surface area contributed by atoms with Crippen LogP contribution in [0.25, 0.3) is 6.08 Å². The van der Waals surface area contributed by atoms with Gasteiger partial charge in [0.05, 0.1) is 6.10 Å². The number of hydroxylamine groups is 1. The smallest absolute Gasteiger partial charge is 0.169 e. The Kier molecular flexibility index (Phi) is 7.43. The third kappa shape index (κ3) is 9.24. The molecule has 1 heterocycles. The average Bonchev–Trinajstić information content (AvgIpc) is 2.43. The van der Waals surface area contributed by atoms with Crippen LogP contribution < -0.4 is 10.8 Å². The minimum Gasteiger partial charge on any atom is -0.389 e. The fourth-order valence-electron chi connectivity index (χ4n) is 1.32. The molecule has 0 amide bonds. The maximum absolute atomic E-state index is 9.72. The molecule has 1 rings (SSSR count). The molecule has 0 saturated heterocycles. The number of nitrogens with zero attached hydrogens (tertiary/aromatic N) is 1. The summed E-state index contributed by atoms with van der Waals surface area (Å²) in [6.45, 7) is 6.65. The third-order valence-electron chi connectivity index (χ3n) is 2.36. The van der Waals surface area contributed by atoms with Crippen molar-refractivity contribution >= 4 is 17.7 Å². The van der Waals surface area contributed by atoms with E-state index in [0.717, 1.165) is 5.56 Å². The lowest BCUT2D eigenvalue weighted by Crippen LogP contribution is -2.42. The predicted octanol–water partition coefficient (Wildman–Crippen LogP) is 2.04. The van der Waals surface area contributed by atoms with Gasteiger partial charge in [0.25, 0.3) is 0 Å². The molecule has 116 valence electrons. The first kappa shape index (κ1) is 17.7. The van der Waals surface area contributed by atoms with Crippen molar-refractivity contribution in [3.63, 3.8) is 0 Å². The molecule has 1 aromatic rings. The Balaban J connectivity index is 2.30. The zero-order valence-corrected chi connectivity index (χ0v) is 13.3. The van der Waals surface area contributed by atoms with Crippen LogP contribution in [-0.4, -0.2) is 34.9 Å². The summed E-state index contributed by atoms with van der Waals surface area (Å²) in [5.41, 5.74) is 6.16. The van der Waals surface area contributed by atoms with E-state index in [2.05, 4.69) is 21.5 Å². The largest absolute Gasteiger partial charge is 0.389 e. The van der Waals surface area contributed by atoms with Crippen LogP contribution in [0.1, 0.15) is 26.3 Å². The number of halogens is 1. The zero-order valence-electron chi connectivity index (χ0n) is 12.6. The molecule has 0 aliphatic rings. The maximum Gasteiger partial charge on any atom is 0.169 e. The molecule has 6 heteroatoms. The van der Waals surface area contributed by atoms with Crippen molar-refractivity contribution in [2.45, 2.75) is 32.4 Å². The number of aliphatic hydroxyl groups excluding tert-OH is 1. The molecule has 0 aliphatic heterocycles. The van der Waals surface area contributed by atoms with Gasteiger partial charge in [0.15, 0.2) is 5.16 Å². The second-order valence-electron chi connectivity index (χ2n) is 5.59. The summed E-state index contributed by atoms with van der Waals surface area (Å²) in [6.07, 6.45) is 4.45. The van der Waals surface area contributed by atoms with Gasteiger partial charge in [0.2, 0.25) is 0 Å². The fourth-order valence-corrected chi connectivity index (χ4v) is 1.43. The number of hydrogen-bond acceptors (Lipinski definition) is 5. The van der Waals surface area contributed by atoms with E-state index in [1.54, 1.807) is 18.5 Å². The molecule has 5 nitrogen and oxygen atoms in total. The predicted molar refractivity (Wildman–Crippen MR) is 84.4 cm³/mol. The van der Waals surface area contributed by atoms with E-state index in [4.69, 9.17) is 16.4 Å². The van der Waals surface area contributed by atoms with Crippen molar-refractivity contribution in [1.82, 2.24) is 15.8 Å². The van der Waals surface area contributed by atoms with Gasteiger partial charge in [-0.3, -0.25) is 9.82 Å². The summed E-state index contributed by atoms with van der Waals surface area (Å²) in [5, 5.41) is 13.1. The first-order valence-electron chi connectivity index (χ1n) is 6.70. The molecule has 0 fully saturated rings. The van der Waals surface area contributed by atoms with Gasteiger partial charge in [-0.05, 0) is 32.9 Å². The third-order valence-corrected chi connectivity index (χ3v) is 2.54. The van der Waals surface area contributed by atoms with Crippen LogP contribution in [0.2, 0.25) is 0 Å². The van der Waals surface area contributed by atoms with Crippen LogP contribution in [0.3, 0.4) is 0 Å². The summed E-state index contributed by atoms with van der Waals surface area (Å²) in [4.78, 5) is 9.08. The number of pyridine rings is 1. The van der Waals surface area contributed by atoms with Crippen LogP contribution in [0.4, 0.5) is 0 Å². The summed E-state index contributed by atoms with van der Waals surface area (Å²) >= 11 is 5.88. The van der Waals surface area contributed by atoms with Crippen molar-refractivity contribution < 1.29 is 9.94 Å². The van der Waals surface area contributed by atoms with Gasteiger partial charge < -0.3 is 10.4 Å². The number of hydrogen-bond donors (Lipinski definition) is 3. The van der Waals surface area contributed by atoms with Crippen LogP contribution in [0.15, 0.2) is 35.4 Å². The second-order valence-corrected chi connectivity index (χ2v) is 5.96. The Hall–Kier alpha value is -1.36. The van der Waals surface area contributed by atoms with E-state index in [1.807, 2.05) is 32.9 Å². The van der Waals surface area contributed by atoms with E-state index in [0.29, 0.717) is 6.54 Å². The highest BCUT2D eigenvalue weighted by Gasteiger charge is 2.12. The molecule has 1 aromatic heterocycles. The summed E-state index contributed by atoms with van der Waals surface area (Å²) in [6, 6.07) is 3.71. The molecule has 1 unspecified atom stereocenters. The van der Waals surface area contributed by atoms with Gasteiger partial charge in [-0.1, -0.05) is 23.4 Å². The molecule has 21 heavy (non-hydrogen) atoms. The van der Waals surface area contributed by atoms with E-state index < -0.39 is 6.10 Å². The van der Waals surface area contributed by atoms with Crippen molar-refractivity contribution in [3.05, 3.63) is 41.0 Å². The van der Waals surface area contributed by atoms with Gasteiger partial charge in [-0.15, -0.1) is 0 Å². The van der Waals surface area contributed by atoms with E-state index in [1.165, 1.54) is 0 Å². The molecule has 0 aliphatic carbocycles. The maximum atomic E-state index is 9.72. The highest BCUT2D eigenvalue weighted by Crippen LogP contribution is 2.01. The number of β-amino-alcohol motifs (C(OH)–C–C–N with tert-alkyl or cyclic N) is 1. The monoisotopic (exact) mass is 311 g/mol. The molecule has 1 atom stereocenters. The minimum absolute atomic E-state index is 0.0432. The van der Waals surface area contributed by atoms with Crippen LogP contribution in [-0.2, 0) is 4.84 Å². The zero-order chi connectivity index (χ0) is 15.7. The Morgan fingerprint density at radius 3 is 2.95 bits per heavy atom. The van der Waals surface area contributed by atoms with Crippen molar-refractivity contribution in [2.75, 3.05) is 13.2 Å². The normalized spacial score (nSPS) is 12.4.